The second kappa shape index (κ2) is 4.80. The van der Waals surface area contributed by atoms with Crippen LogP contribution in [-0.4, -0.2) is 24.2 Å². The molecule has 16 heavy (non-hydrogen) atoms. The maximum absolute atomic E-state index is 10.9. The molecule has 0 heterocycles. The van der Waals surface area contributed by atoms with Gasteiger partial charge in [-0.15, -0.1) is 0 Å². The van der Waals surface area contributed by atoms with Crippen LogP contribution in [0.2, 0.25) is 0 Å². The van der Waals surface area contributed by atoms with Gasteiger partial charge >= 0.3 is 5.69 Å². The van der Waals surface area contributed by atoms with Gasteiger partial charge in [-0.2, -0.15) is 0 Å². The zero-order valence-electron chi connectivity index (χ0n) is 9.26. The average molecular weight is 227 g/mol. The molecule has 0 aliphatic heterocycles. The number of hydrogen-bond acceptors (Lipinski definition) is 5. The topological polar surface area (TPSA) is 81.8 Å². The van der Waals surface area contributed by atoms with Crippen LogP contribution in [0.25, 0.3) is 0 Å². The van der Waals surface area contributed by atoms with Gasteiger partial charge in [0.2, 0.25) is 5.75 Å². The number of benzene rings is 1. The number of aliphatic hydroxyl groups is 1. The second-order valence-electron chi connectivity index (χ2n) is 3.17. The van der Waals surface area contributed by atoms with Gasteiger partial charge in [-0.3, -0.25) is 10.1 Å². The summed E-state index contributed by atoms with van der Waals surface area (Å²) in [6, 6.07) is 2.97. The van der Waals surface area contributed by atoms with Gasteiger partial charge in [0, 0.05) is 0 Å². The van der Waals surface area contributed by atoms with Crippen molar-refractivity contribution in [3.05, 3.63) is 27.8 Å². The molecule has 0 aliphatic carbocycles. The third-order valence-corrected chi connectivity index (χ3v) is 2.18. The summed E-state index contributed by atoms with van der Waals surface area (Å²) in [7, 11) is 2.71. The molecule has 0 saturated carbocycles. The van der Waals surface area contributed by atoms with E-state index in [0.29, 0.717) is 0 Å². The number of nitrogens with zero attached hydrogens (tertiary/aromatic N) is 1. The predicted octanol–water partition coefficient (Wildman–Crippen LogP) is 1.67. The van der Waals surface area contributed by atoms with E-state index >= 15 is 0 Å². The monoisotopic (exact) mass is 227 g/mol. The number of methoxy groups -OCH3 is 2. The lowest BCUT2D eigenvalue weighted by molar-refractivity contribution is -0.387. The van der Waals surface area contributed by atoms with E-state index < -0.39 is 11.0 Å². The van der Waals surface area contributed by atoms with Gasteiger partial charge in [-0.1, -0.05) is 0 Å². The van der Waals surface area contributed by atoms with Crippen LogP contribution >= 0.6 is 0 Å². The lowest BCUT2D eigenvalue weighted by atomic mass is 10.1. The van der Waals surface area contributed by atoms with Crippen molar-refractivity contribution >= 4 is 5.69 Å². The number of nitro benzene ring substituents is 1. The van der Waals surface area contributed by atoms with Crippen molar-refractivity contribution in [2.75, 3.05) is 14.2 Å². The molecule has 0 aliphatic rings. The van der Waals surface area contributed by atoms with Gasteiger partial charge in [0.05, 0.1) is 30.8 Å². The normalized spacial score (nSPS) is 12.0. The Morgan fingerprint density at radius 3 is 2.38 bits per heavy atom. The summed E-state index contributed by atoms with van der Waals surface area (Å²) < 4.78 is 9.89. The van der Waals surface area contributed by atoms with Crippen molar-refractivity contribution in [1.82, 2.24) is 0 Å². The van der Waals surface area contributed by atoms with Gasteiger partial charge in [0.1, 0.15) is 0 Å². The molecule has 1 rings (SSSR count). The summed E-state index contributed by atoms with van der Waals surface area (Å²) in [5.74, 6) is 0.282. The standard InChI is InChI=1S/C10H13NO5/c1-6(12)7-4-5-8(15-2)10(16-3)9(7)11(13)14/h4-6,12H,1-3H3. The molecule has 6 nitrogen and oxygen atoms in total. The Hall–Kier alpha value is -1.82. The van der Waals surface area contributed by atoms with Gasteiger partial charge in [-0.05, 0) is 19.1 Å². The number of nitro groups is 1. The molecular weight excluding hydrogens is 214 g/mol. The summed E-state index contributed by atoms with van der Waals surface area (Å²) >= 11 is 0. The molecule has 0 amide bonds. The first-order valence-corrected chi connectivity index (χ1v) is 4.60. The molecule has 0 fully saturated rings. The molecule has 0 radical (unpaired) electrons. The van der Waals surface area contributed by atoms with Crippen molar-refractivity contribution in [2.24, 2.45) is 0 Å². The third-order valence-electron chi connectivity index (χ3n) is 2.18. The van der Waals surface area contributed by atoms with Crippen LogP contribution in [0.15, 0.2) is 12.1 Å². The van der Waals surface area contributed by atoms with E-state index in [4.69, 9.17) is 9.47 Å². The Morgan fingerprint density at radius 2 is 2.00 bits per heavy atom. The van der Waals surface area contributed by atoms with Crippen molar-refractivity contribution in [1.29, 1.82) is 0 Å². The summed E-state index contributed by atoms with van der Waals surface area (Å²) in [6.07, 6.45) is -0.944. The van der Waals surface area contributed by atoms with Crippen LogP contribution in [-0.2, 0) is 0 Å². The van der Waals surface area contributed by atoms with Crippen molar-refractivity contribution < 1.29 is 19.5 Å². The highest BCUT2D eigenvalue weighted by Gasteiger charge is 2.26. The molecule has 1 aromatic rings. The van der Waals surface area contributed by atoms with Crippen LogP contribution in [0, 0.1) is 10.1 Å². The molecule has 1 N–H and O–H groups in total. The molecular formula is C10H13NO5. The molecule has 1 unspecified atom stereocenters. The van der Waals surface area contributed by atoms with E-state index in [1.807, 2.05) is 0 Å². The van der Waals surface area contributed by atoms with Crippen molar-refractivity contribution in [2.45, 2.75) is 13.0 Å². The molecule has 0 aromatic heterocycles. The highest BCUT2D eigenvalue weighted by Crippen LogP contribution is 2.41. The van der Waals surface area contributed by atoms with E-state index in [-0.39, 0.29) is 22.7 Å². The first-order valence-electron chi connectivity index (χ1n) is 4.60. The van der Waals surface area contributed by atoms with Crippen LogP contribution < -0.4 is 9.47 Å². The van der Waals surface area contributed by atoms with Crippen LogP contribution in [0.1, 0.15) is 18.6 Å². The first kappa shape index (κ1) is 12.3. The molecule has 0 saturated heterocycles. The lowest BCUT2D eigenvalue weighted by Gasteiger charge is -2.12. The fourth-order valence-corrected chi connectivity index (χ4v) is 1.45. The van der Waals surface area contributed by atoms with Crippen LogP contribution in [0.5, 0.6) is 11.5 Å². The van der Waals surface area contributed by atoms with Crippen LogP contribution in [0.3, 0.4) is 0 Å². The first-order chi connectivity index (χ1) is 7.52. The number of rotatable bonds is 4. The summed E-state index contributed by atoms with van der Waals surface area (Å²) in [4.78, 5) is 10.3. The van der Waals surface area contributed by atoms with Crippen molar-refractivity contribution in [3.63, 3.8) is 0 Å². The zero-order chi connectivity index (χ0) is 12.3. The summed E-state index contributed by atoms with van der Waals surface area (Å²) in [6.45, 7) is 1.45. The maximum atomic E-state index is 10.9. The largest absolute Gasteiger partial charge is 0.493 e. The Kier molecular flexibility index (Phi) is 3.68. The highest BCUT2D eigenvalue weighted by molar-refractivity contribution is 5.61. The highest BCUT2D eigenvalue weighted by atomic mass is 16.6. The Labute approximate surface area is 92.6 Å². The van der Waals surface area contributed by atoms with Gasteiger partial charge in [0.25, 0.3) is 0 Å². The Bertz CT molecular complexity index is 402. The smallest absolute Gasteiger partial charge is 0.320 e. The third kappa shape index (κ3) is 2.06. The molecule has 1 aromatic carbocycles. The fraction of sp³-hybridized carbons (Fsp3) is 0.400. The summed E-state index contributed by atoms with van der Waals surface area (Å²) in [5.41, 5.74) is -0.0699. The van der Waals surface area contributed by atoms with Crippen LogP contribution in [0.4, 0.5) is 5.69 Å². The molecule has 0 spiro atoms. The fourth-order valence-electron chi connectivity index (χ4n) is 1.45. The minimum absolute atomic E-state index is 0.0194. The number of aliphatic hydroxyl groups excluding tert-OH is 1. The zero-order valence-corrected chi connectivity index (χ0v) is 9.26. The number of hydrogen-bond donors (Lipinski definition) is 1. The predicted molar refractivity (Wildman–Crippen MR) is 56.8 cm³/mol. The van der Waals surface area contributed by atoms with E-state index in [1.165, 1.54) is 33.3 Å². The molecule has 1 atom stereocenters. The second-order valence-corrected chi connectivity index (χ2v) is 3.17. The quantitative estimate of drug-likeness (QED) is 0.624. The van der Waals surface area contributed by atoms with Gasteiger partial charge < -0.3 is 14.6 Å². The SMILES string of the molecule is COc1ccc(C(C)O)c([N+](=O)[O-])c1OC. The molecule has 0 bridgehead atoms. The van der Waals surface area contributed by atoms with Gasteiger partial charge in [0.15, 0.2) is 5.75 Å². The van der Waals surface area contributed by atoms with Crippen molar-refractivity contribution in [3.8, 4) is 11.5 Å². The van der Waals surface area contributed by atoms with E-state index in [1.54, 1.807) is 0 Å². The molecule has 6 heteroatoms. The minimum Gasteiger partial charge on any atom is -0.493 e. The Morgan fingerprint density at radius 1 is 1.38 bits per heavy atom. The minimum atomic E-state index is -0.944. The van der Waals surface area contributed by atoms with E-state index in [0.717, 1.165) is 0 Å². The van der Waals surface area contributed by atoms with E-state index in [9.17, 15) is 15.2 Å². The van der Waals surface area contributed by atoms with E-state index in [2.05, 4.69) is 0 Å². The average Bonchev–Trinajstić information content (AvgIpc) is 2.26. The number of ether oxygens (including phenoxy) is 2. The maximum Gasteiger partial charge on any atom is 0.320 e. The molecule has 88 valence electrons. The van der Waals surface area contributed by atoms with Gasteiger partial charge in [-0.25, -0.2) is 0 Å². The summed E-state index contributed by atoms with van der Waals surface area (Å²) in [5, 5.41) is 20.4. The lowest BCUT2D eigenvalue weighted by Crippen LogP contribution is -2.03. The Balaban J connectivity index is 3.50.